The van der Waals surface area contributed by atoms with Gasteiger partial charge in [-0.1, -0.05) is 15.9 Å². The van der Waals surface area contributed by atoms with Crippen LogP contribution in [0.15, 0.2) is 22.7 Å². The fraction of sp³-hybridized carbons (Fsp3) is 0.500. The Morgan fingerprint density at radius 2 is 2.14 bits per heavy atom. The van der Waals surface area contributed by atoms with Gasteiger partial charge in [-0.2, -0.15) is 0 Å². The van der Waals surface area contributed by atoms with Crippen molar-refractivity contribution >= 4 is 34.2 Å². The first kappa shape index (κ1) is 19.2. The Kier molecular flexibility index (Phi) is 8.70. The average Bonchev–Trinajstić information content (AvgIpc) is 2.47. The second-order valence-electron chi connectivity index (χ2n) is 4.81. The first-order valence-corrected chi connectivity index (χ1v) is 7.72. The highest BCUT2D eigenvalue weighted by molar-refractivity contribution is 9.10. The van der Waals surface area contributed by atoms with Gasteiger partial charge >= 0.3 is 0 Å². The van der Waals surface area contributed by atoms with Crippen molar-refractivity contribution in [1.82, 2.24) is 15.5 Å². The van der Waals surface area contributed by atoms with E-state index in [1.165, 1.54) is 12.1 Å². The van der Waals surface area contributed by atoms with E-state index in [1.807, 2.05) is 0 Å². The molecule has 0 radical (unpaired) electrons. The number of amides is 1. The van der Waals surface area contributed by atoms with Crippen molar-refractivity contribution in [3.63, 3.8) is 0 Å². The van der Waals surface area contributed by atoms with Gasteiger partial charge in [0.05, 0.1) is 0 Å². The number of nitrogens with zero attached hydrogens (tertiary/aromatic N) is 1. The summed E-state index contributed by atoms with van der Waals surface area (Å²) in [6.07, 6.45) is 0. The van der Waals surface area contributed by atoms with Gasteiger partial charge in [0.1, 0.15) is 0 Å². The van der Waals surface area contributed by atoms with E-state index in [9.17, 15) is 9.18 Å². The number of nitrogens with one attached hydrogen (secondary N) is 2. The minimum Gasteiger partial charge on any atom is -0.481 e. The zero-order valence-electron chi connectivity index (χ0n) is 12.1. The molecule has 1 aliphatic rings. The third-order valence-electron chi connectivity index (χ3n) is 3.21. The molecular weight excluding hydrogens is 377 g/mol. The van der Waals surface area contributed by atoms with Gasteiger partial charge in [0, 0.05) is 43.7 Å². The van der Waals surface area contributed by atoms with Crippen LogP contribution in [0.25, 0.3) is 0 Å². The number of hydrogen-bond donors (Lipinski definition) is 2. The molecule has 124 valence electrons. The van der Waals surface area contributed by atoms with E-state index in [0.29, 0.717) is 11.0 Å². The Balaban J connectivity index is 0.00000242. The second kappa shape index (κ2) is 9.99. The van der Waals surface area contributed by atoms with Crippen LogP contribution in [0, 0.1) is 5.82 Å². The maximum absolute atomic E-state index is 13.5. The molecule has 0 bridgehead atoms. The summed E-state index contributed by atoms with van der Waals surface area (Å²) in [5.74, 6) is -0.652. The summed E-state index contributed by atoms with van der Waals surface area (Å²) in [7, 11) is 0. The van der Waals surface area contributed by atoms with Gasteiger partial charge < -0.3 is 15.4 Å². The van der Waals surface area contributed by atoms with Crippen molar-refractivity contribution < 1.29 is 13.9 Å². The topological polar surface area (TPSA) is 53.6 Å². The summed E-state index contributed by atoms with van der Waals surface area (Å²) in [6.45, 7) is 5.18. The fourth-order valence-electron chi connectivity index (χ4n) is 2.07. The molecule has 0 aromatic heterocycles. The molecule has 1 fully saturated rings. The van der Waals surface area contributed by atoms with Crippen LogP contribution in [0.1, 0.15) is 0 Å². The quantitative estimate of drug-likeness (QED) is 0.763. The molecule has 0 unspecified atom stereocenters. The molecule has 1 amide bonds. The molecule has 8 heteroatoms. The van der Waals surface area contributed by atoms with E-state index < -0.39 is 5.82 Å². The van der Waals surface area contributed by atoms with Crippen LogP contribution in [0.5, 0.6) is 5.75 Å². The third kappa shape index (κ3) is 6.48. The lowest BCUT2D eigenvalue weighted by Crippen LogP contribution is -2.46. The van der Waals surface area contributed by atoms with Crippen LogP contribution in [-0.2, 0) is 4.79 Å². The first-order chi connectivity index (χ1) is 10.1. The molecule has 1 aromatic carbocycles. The van der Waals surface area contributed by atoms with Crippen LogP contribution >= 0.6 is 28.3 Å². The van der Waals surface area contributed by atoms with Gasteiger partial charge in [-0.05, 0) is 18.2 Å². The first-order valence-electron chi connectivity index (χ1n) is 6.93. The third-order valence-corrected chi connectivity index (χ3v) is 3.71. The largest absolute Gasteiger partial charge is 0.481 e. The number of ether oxygens (including phenoxy) is 1. The van der Waals surface area contributed by atoms with E-state index in [-0.39, 0.29) is 30.7 Å². The maximum Gasteiger partial charge on any atom is 0.257 e. The Morgan fingerprint density at radius 3 is 2.82 bits per heavy atom. The predicted molar refractivity (Wildman–Crippen MR) is 89.2 cm³/mol. The van der Waals surface area contributed by atoms with Crippen LogP contribution < -0.4 is 15.4 Å². The minimum atomic E-state index is -0.488. The van der Waals surface area contributed by atoms with Crippen LogP contribution in [0.2, 0.25) is 0 Å². The Labute approximate surface area is 144 Å². The van der Waals surface area contributed by atoms with Crippen molar-refractivity contribution in [3.05, 3.63) is 28.5 Å². The number of carbonyl (C=O) groups is 1. The summed E-state index contributed by atoms with van der Waals surface area (Å²) in [5, 5.41) is 6.05. The number of halogens is 3. The van der Waals surface area contributed by atoms with Crippen LogP contribution in [-0.4, -0.2) is 56.7 Å². The Morgan fingerprint density at radius 1 is 1.41 bits per heavy atom. The lowest BCUT2D eigenvalue weighted by molar-refractivity contribution is -0.123. The highest BCUT2D eigenvalue weighted by Crippen LogP contribution is 2.21. The molecule has 1 aliphatic heterocycles. The van der Waals surface area contributed by atoms with E-state index in [4.69, 9.17) is 4.74 Å². The molecule has 1 aromatic rings. The lowest BCUT2D eigenvalue weighted by Gasteiger charge is -2.27. The molecule has 2 N–H and O–H groups in total. The molecular formula is C14H20BrClFN3O2. The Bertz CT molecular complexity index is 487. The molecule has 2 rings (SSSR count). The molecule has 1 heterocycles. The van der Waals surface area contributed by atoms with Gasteiger partial charge in [0.15, 0.2) is 18.2 Å². The smallest absolute Gasteiger partial charge is 0.257 e. The monoisotopic (exact) mass is 395 g/mol. The molecule has 0 saturated carbocycles. The van der Waals surface area contributed by atoms with Crippen molar-refractivity contribution in [1.29, 1.82) is 0 Å². The highest BCUT2D eigenvalue weighted by atomic mass is 79.9. The molecule has 0 atom stereocenters. The van der Waals surface area contributed by atoms with E-state index >= 15 is 0 Å². The van der Waals surface area contributed by atoms with Gasteiger partial charge in [-0.3, -0.25) is 9.69 Å². The minimum absolute atomic E-state index is 0. The average molecular weight is 397 g/mol. The second-order valence-corrected chi connectivity index (χ2v) is 5.72. The maximum atomic E-state index is 13.5. The normalized spacial score (nSPS) is 15.0. The summed E-state index contributed by atoms with van der Waals surface area (Å²) >= 11 is 3.16. The molecule has 22 heavy (non-hydrogen) atoms. The zero-order chi connectivity index (χ0) is 15.1. The van der Waals surface area contributed by atoms with E-state index in [2.05, 4.69) is 31.5 Å². The predicted octanol–water partition coefficient (Wildman–Crippen LogP) is 1.41. The number of hydrogen-bond acceptors (Lipinski definition) is 4. The highest BCUT2D eigenvalue weighted by Gasteiger charge is 2.10. The van der Waals surface area contributed by atoms with Gasteiger partial charge in [-0.15, -0.1) is 12.4 Å². The molecule has 0 spiro atoms. The number of benzene rings is 1. The number of rotatable bonds is 6. The van der Waals surface area contributed by atoms with Crippen molar-refractivity contribution in [3.8, 4) is 5.75 Å². The summed E-state index contributed by atoms with van der Waals surface area (Å²) in [6, 6.07) is 4.46. The summed E-state index contributed by atoms with van der Waals surface area (Å²) in [5.41, 5.74) is 0. The van der Waals surface area contributed by atoms with Crippen LogP contribution in [0.4, 0.5) is 4.39 Å². The zero-order valence-corrected chi connectivity index (χ0v) is 14.5. The molecule has 1 saturated heterocycles. The lowest BCUT2D eigenvalue weighted by atomic mass is 10.3. The van der Waals surface area contributed by atoms with Gasteiger partial charge in [-0.25, -0.2) is 4.39 Å². The SMILES string of the molecule is Cl.O=C(COc1ccc(Br)cc1F)NCCN1CCNCC1. The standard InChI is InChI=1S/C14H19BrFN3O2.ClH/c15-11-1-2-13(12(16)9-11)21-10-14(20)18-5-8-19-6-3-17-4-7-19;/h1-2,9,17H,3-8,10H2,(H,18,20);1H. The van der Waals surface area contributed by atoms with Crippen molar-refractivity contribution in [2.75, 3.05) is 45.9 Å². The summed E-state index contributed by atoms with van der Waals surface area (Å²) < 4.78 is 19.3. The van der Waals surface area contributed by atoms with Crippen molar-refractivity contribution in [2.45, 2.75) is 0 Å². The van der Waals surface area contributed by atoms with E-state index in [0.717, 1.165) is 32.7 Å². The summed E-state index contributed by atoms with van der Waals surface area (Å²) in [4.78, 5) is 13.9. The molecule has 5 nitrogen and oxygen atoms in total. The van der Waals surface area contributed by atoms with Gasteiger partial charge in [0.2, 0.25) is 0 Å². The fourth-order valence-corrected chi connectivity index (χ4v) is 2.41. The number of carbonyl (C=O) groups excluding carboxylic acids is 1. The van der Waals surface area contributed by atoms with Crippen LogP contribution in [0.3, 0.4) is 0 Å². The van der Waals surface area contributed by atoms with Gasteiger partial charge in [0.25, 0.3) is 5.91 Å². The Hall–Kier alpha value is -0.890. The van der Waals surface area contributed by atoms with E-state index in [1.54, 1.807) is 6.07 Å². The molecule has 0 aliphatic carbocycles. The number of piperazine rings is 1. The van der Waals surface area contributed by atoms with Crippen molar-refractivity contribution in [2.24, 2.45) is 0 Å².